The van der Waals surface area contributed by atoms with E-state index in [0.29, 0.717) is 27.6 Å². The molecule has 5 rings (SSSR count). The van der Waals surface area contributed by atoms with Crippen molar-refractivity contribution in [2.75, 3.05) is 0 Å². The normalized spacial score (nSPS) is 52.7. The fourth-order valence-corrected chi connectivity index (χ4v) is 11.3. The van der Waals surface area contributed by atoms with Gasteiger partial charge >= 0.3 is 0 Å². The third-order valence-electron chi connectivity index (χ3n) is 13.0. The van der Waals surface area contributed by atoms with Gasteiger partial charge in [-0.15, -0.1) is 0 Å². The molecule has 0 heterocycles. The van der Waals surface area contributed by atoms with Gasteiger partial charge in [-0.2, -0.15) is 0 Å². The van der Waals surface area contributed by atoms with Gasteiger partial charge in [0.15, 0.2) is 0 Å². The first-order valence-electron chi connectivity index (χ1n) is 13.9. The molecule has 0 aromatic heterocycles. The molecule has 2 spiro atoms. The van der Waals surface area contributed by atoms with Crippen molar-refractivity contribution in [3.63, 3.8) is 0 Å². The fraction of sp³-hybridized carbons (Fsp3) is 0.933. The zero-order valence-electron chi connectivity index (χ0n) is 22.0. The molecule has 5 aliphatic carbocycles. The molecule has 0 unspecified atom stereocenters. The molecule has 0 amide bonds. The second-order valence-electron chi connectivity index (χ2n) is 14.6. The lowest BCUT2D eigenvalue weighted by atomic mass is 9.41. The van der Waals surface area contributed by atoms with Gasteiger partial charge in [0.1, 0.15) is 0 Å². The zero-order valence-corrected chi connectivity index (χ0v) is 22.0. The number of allylic oxidation sites excluding steroid dienone is 1. The standard InChI is InChI=1S/C30H50O2/c1-19(2)16-21(31)17-20(3)22-10-12-28(7)24-9-8-23-26(4,5)25(32)11-13-29(23)18-30(24,29)15-14-27(22,28)6/h16,20-25,31-32H,8-15,17-18H2,1-7H3/t20-,21-,22-,23-,24+,25+,27-,28+,29-,30+/m1/s1. The first-order valence-corrected chi connectivity index (χ1v) is 13.9. The molecular weight excluding hydrogens is 392 g/mol. The Balaban J connectivity index is 1.41. The lowest BCUT2D eigenvalue weighted by molar-refractivity contribution is -0.161. The number of hydrogen-bond donors (Lipinski definition) is 2. The van der Waals surface area contributed by atoms with Gasteiger partial charge in [0, 0.05) is 0 Å². The average molecular weight is 443 g/mol. The molecule has 0 aromatic carbocycles. The van der Waals surface area contributed by atoms with E-state index >= 15 is 0 Å². The van der Waals surface area contributed by atoms with E-state index in [9.17, 15) is 10.2 Å². The van der Waals surface area contributed by atoms with Crippen molar-refractivity contribution in [2.24, 2.45) is 50.7 Å². The van der Waals surface area contributed by atoms with Gasteiger partial charge in [-0.25, -0.2) is 0 Å². The van der Waals surface area contributed by atoms with Gasteiger partial charge < -0.3 is 10.2 Å². The summed E-state index contributed by atoms with van der Waals surface area (Å²) in [6.07, 6.45) is 14.6. The van der Waals surface area contributed by atoms with Crippen LogP contribution in [0.25, 0.3) is 0 Å². The highest BCUT2D eigenvalue weighted by atomic mass is 16.3. The highest BCUT2D eigenvalue weighted by molar-refractivity contribution is 5.30. The molecule has 0 aromatic rings. The molecule has 2 N–H and O–H groups in total. The summed E-state index contributed by atoms with van der Waals surface area (Å²) in [6, 6.07) is 0. The Labute approximate surface area is 197 Å². The Morgan fingerprint density at radius 3 is 2.22 bits per heavy atom. The van der Waals surface area contributed by atoms with E-state index in [-0.39, 0.29) is 17.6 Å². The quantitative estimate of drug-likeness (QED) is 0.454. The predicted molar refractivity (Wildman–Crippen MR) is 132 cm³/mol. The lowest BCUT2D eigenvalue weighted by Gasteiger charge is -2.63. The fourth-order valence-electron chi connectivity index (χ4n) is 11.3. The van der Waals surface area contributed by atoms with E-state index in [2.05, 4.69) is 54.5 Å². The van der Waals surface area contributed by atoms with Gasteiger partial charge in [-0.1, -0.05) is 46.3 Å². The maximum atomic E-state index is 10.8. The maximum absolute atomic E-state index is 10.8. The van der Waals surface area contributed by atoms with Crippen LogP contribution in [0.3, 0.4) is 0 Å². The van der Waals surface area contributed by atoms with Crippen LogP contribution >= 0.6 is 0 Å². The number of hydrogen-bond acceptors (Lipinski definition) is 2. The Bertz CT molecular complexity index is 795. The van der Waals surface area contributed by atoms with Crippen LogP contribution in [0.15, 0.2) is 11.6 Å². The van der Waals surface area contributed by atoms with Crippen molar-refractivity contribution < 1.29 is 10.2 Å². The molecule has 2 nitrogen and oxygen atoms in total. The van der Waals surface area contributed by atoms with Crippen LogP contribution in [-0.2, 0) is 0 Å². The molecule has 0 bridgehead atoms. The summed E-state index contributed by atoms with van der Waals surface area (Å²) < 4.78 is 0. The molecule has 0 saturated heterocycles. The summed E-state index contributed by atoms with van der Waals surface area (Å²) >= 11 is 0. The topological polar surface area (TPSA) is 40.5 Å². The highest BCUT2D eigenvalue weighted by Crippen LogP contribution is 2.89. The molecule has 5 saturated carbocycles. The van der Waals surface area contributed by atoms with Crippen LogP contribution in [0.2, 0.25) is 0 Å². The van der Waals surface area contributed by atoms with Crippen molar-refractivity contribution in [3.05, 3.63) is 11.6 Å². The lowest BCUT2D eigenvalue weighted by Crippen LogP contribution is -2.57. The molecule has 5 aliphatic rings. The van der Waals surface area contributed by atoms with Gasteiger partial charge in [-0.05, 0) is 129 Å². The van der Waals surface area contributed by atoms with Crippen LogP contribution in [0.4, 0.5) is 0 Å². The monoisotopic (exact) mass is 442 g/mol. The minimum absolute atomic E-state index is 0.0855. The molecule has 5 fully saturated rings. The van der Waals surface area contributed by atoms with Crippen molar-refractivity contribution >= 4 is 0 Å². The number of aliphatic hydroxyl groups excluding tert-OH is 2. The van der Waals surface area contributed by atoms with E-state index < -0.39 is 0 Å². The Kier molecular flexibility index (Phi) is 5.19. The molecule has 0 aliphatic heterocycles. The summed E-state index contributed by atoms with van der Waals surface area (Å²) in [6.45, 7) is 16.7. The Morgan fingerprint density at radius 2 is 1.53 bits per heavy atom. The second kappa shape index (κ2) is 7.09. The average Bonchev–Trinajstić information content (AvgIpc) is 3.27. The van der Waals surface area contributed by atoms with E-state index in [1.165, 1.54) is 56.9 Å². The van der Waals surface area contributed by atoms with Gasteiger partial charge in [0.25, 0.3) is 0 Å². The summed E-state index contributed by atoms with van der Waals surface area (Å²) in [5.74, 6) is 2.91. The van der Waals surface area contributed by atoms with Crippen molar-refractivity contribution in [3.8, 4) is 0 Å². The summed E-state index contributed by atoms with van der Waals surface area (Å²) in [5.41, 5.74) is 3.27. The number of rotatable bonds is 4. The van der Waals surface area contributed by atoms with E-state index in [1.54, 1.807) is 0 Å². The van der Waals surface area contributed by atoms with Crippen LogP contribution in [0, 0.1) is 50.7 Å². The molecule has 2 heteroatoms. The second-order valence-corrected chi connectivity index (χ2v) is 14.6. The van der Waals surface area contributed by atoms with Crippen LogP contribution in [0.5, 0.6) is 0 Å². The predicted octanol–water partition coefficient (Wildman–Crippen LogP) is 7.14. The van der Waals surface area contributed by atoms with Crippen molar-refractivity contribution in [1.29, 1.82) is 0 Å². The van der Waals surface area contributed by atoms with Crippen LogP contribution in [-0.4, -0.2) is 22.4 Å². The first-order chi connectivity index (χ1) is 14.8. The third kappa shape index (κ3) is 2.78. The van der Waals surface area contributed by atoms with E-state index in [1.807, 2.05) is 0 Å². The Morgan fingerprint density at radius 1 is 0.875 bits per heavy atom. The molecule has 0 radical (unpaired) electrons. The van der Waals surface area contributed by atoms with E-state index in [4.69, 9.17) is 0 Å². The summed E-state index contributed by atoms with van der Waals surface area (Å²) in [7, 11) is 0. The molecule has 10 atom stereocenters. The minimum Gasteiger partial charge on any atom is -0.393 e. The highest BCUT2D eigenvalue weighted by Gasteiger charge is 2.82. The summed E-state index contributed by atoms with van der Waals surface area (Å²) in [4.78, 5) is 0. The molecule has 182 valence electrons. The maximum Gasteiger partial charge on any atom is 0.0726 e. The first kappa shape index (κ1) is 23.4. The number of aliphatic hydroxyl groups is 2. The SMILES string of the molecule is CC(C)=C[C@@H](O)C[C@@H](C)[C@H]1CC[C@@]2(C)[C@@H]3CC[C@@H]4C(C)(C)[C@@H](O)CC[C@@]45C[C@@]35CC[C@]12C. The van der Waals surface area contributed by atoms with E-state index in [0.717, 1.165) is 30.6 Å². The number of fused-ring (bicyclic) bond motifs is 2. The van der Waals surface area contributed by atoms with Gasteiger partial charge in [-0.3, -0.25) is 0 Å². The van der Waals surface area contributed by atoms with Crippen molar-refractivity contribution in [2.45, 2.75) is 125 Å². The smallest absolute Gasteiger partial charge is 0.0726 e. The largest absolute Gasteiger partial charge is 0.393 e. The van der Waals surface area contributed by atoms with Gasteiger partial charge in [0.05, 0.1) is 12.2 Å². The summed E-state index contributed by atoms with van der Waals surface area (Å²) in [5, 5.41) is 21.5. The molecular formula is C30H50O2. The zero-order chi connectivity index (χ0) is 23.3. The third-order valence-corrected chi connectivity index (χ3v) is 13.0. The van der Waals surface area contributed by atoms with Crippen molar-refractivity contribution in [1.82, 2.24) is 0 Å². The minimum atomic E-state index is -0.293. The van der Waals surface area contributed by atoms with Crippen LogP contribution < -0.4 is 0 Å². The Hall–Kier alpha value is -0.340. The van der Waals surface area contributed by atoms with Gasteiger partial charge in [0.2, 0.25) is 0 Å². The molecule has 32 heavy (non-hydrogen) atoms. The van der Waals surface area contributed by atoms with Crippen LogP contribution in [0.1, 0.15) is 113 Å².